The maximum Gasteiger partial charge on any atom is 0.412 e. The monoisotopic (exact) mass is 353 g/mol. The van der Waals surface area contributed by atoms with Gasteiger partial charge in [0.1, 0.15) is 23.2 Å². The summed E-state index contributed by atoms with van der Waals surface area (Å²) in [6.07, 6.45) is 2.23. The van der Waals surface area contributed by atoms with Crippen LogP contribution in [0.5, 0.6) is 0 Å². The number of nitrogens with two attached hydrogens (primary N) is 1. The lowest BCUT2D eigenvalue weighted by Gasteiger charge is -2.14. The second-order valence-corrected chi connectivity index (χ2v) is 5.80. The lowest BCUT2D eigenvalue weighted by atomic mass is 10.2. The molecule has 0 aliphatic rings. The molecule has 1 amide bonds. The zero-order valence-electron chi connectivity index (χ0n) is 14.7. The number of rotatable bonds is 4. The van der Waals surface area contributed by atoms with Crippen LogP contribution < -0.4 is 11.1 Å². The third kappa shape index (κ3) is 3.64. The summed E-state index contributed by atoms with van der Waals surface area (Å²) < 4.78 is 10.7. The van der Waals surface area contributed by atoms with Gasteiger partial charge in [-0.15, -0.1) is 0 Å². The van der Waals surface area contributed by atoms with Crippen LogP contribution in [0.15, 0.2) is 41.2 Å². The van der Waals surface area contributed by atoms with Crippen molar-refractivity contribution in [2.75, 3.05) is 11.1 Å². The number of aromatic nitrogens is 3. The SMILES string of the molecule is Cc1nc(-c2onc(C)c2NC(=O)O[C@H](C)c2cccnc2)ccc1N. The van der Waals surface area contributed by atoms with E-state index in [4.69, 9.17) is 15.0 Å². The zero-order chi connectivity index (χ0) is 18.7. The Balaban J connectivity index is 1.78. The Kier molecular flexibility index (Phi) is 4.83. The first-order chi connectivity index (χ1) is 12.5. The minimum Gasteiger partial charge on any atom is -0.441 e. The van der Waals surface area contributed by atoms with E-state index in [2.05, 4.69) is 20.4 Å². The summed E-state index contributed by atoms with van der Waals surface area (Å²) in [5.74, 6) is 0.344. The molecule has 0 aliphatic heterocycles. The average molecular weight is 353 g/mol. The highest BCUT2D eigenvalue weighted by atomic mass is 16.6. The van der Waals surface area contributed by atoms with Gasteiger partial charge in [0.25, 0.3) is 0 Å². The number of carbonyl (C=O) groups is 1. The van der Waals surface area contributed by atoms with E-state index in [0.717, 1.165) is 5.56 Å². The van der Waals surface area contributed by atoms with Crippen LogP contribution in [0, 0.1) is 13.8 Å². The minimum absolute atomic E-state index is 0.344. The first kappa shape index (κ1) is 17.4. The summed E-state index contributed by atoms with van der Waals surface area (Å²) >= 11 is 0. The molecule has 0 radical (unpaired) electrons. The topological polar surface area (TPSA) is 116 Å². The number of nitrogens with zero attached hydrogens (tertiary/aromatic N) is 3. The number of nitrogen functional groups attached to an aromatic ring is 1. The molecule has 8 nitrogen and oxygen atoms in total. The van der Waals surface area contributed by atoms with Gasteiger partial charge in [-0.1, -0.05) is 11.2 Å². The van der Waals surface area contributed by atoms with E-state index >= 15 is 0 Å². The number of amides is 1. The maximum atomic E-state index is 12.3. The Morgan fingerprint density at radius 3 is 2.77 bits per heavy atom. The van der Waals surface area contributed by atoms with Crippen molar-refractivity contribution >= 4 is 17.5 Å². The molecule has 0 saturated heterocycles. The van der Waals surface area contributed by atoms with E-state index in [9.17, 15) is 4.79 Å². The molecule has 0 unspecified atom stereocenters. The van der Waals surface area contributed by atoms with Gasteiger partial charge >= 0.3 is 6.09 Å². The Bertz CT molecular complexity index is 924. The van der Waals surface area contributed by atoms with Crippen LogP contribution in [0.4, 0.5) is 16.2 Å². The number of anilines is 2. The van der Waals surface area contributed by atoms with Crippen molar-refractivity contribution in [1.82, 2.24) is 15.1 Å². The number of carbonyl (C=O) groups excluding carboxylic acids is 1. The summed E-state index contributed by atoms with van der Waals surface area (Å²) in [5.41, 5.74) is 9.27. The number of nitrogens with one attached hydrogen (secondary N) is 1. The lowest BCUT2D eigenvalue weighted by molar-refractivity contribution is 0.121. The minimum atomic E-state index is -0.624. The van der Waals surface area contributed by atoms with Gasteiger partial charge in [-0.2, -0.15) is 0 Å². The fourth-order valence-electron chi connectivity index (χ4n) is 2.37. The molecule has 26 heavy (non-hydrogen) atoms. The predicted octanol–water partition coefficient (Wildman–Crippen LogP) is 3.64. The average Bonchev–Trinajstić information content (AvgIpc) is 2.98. The fourth-order valence-corrected chi connectivity index (χ4v) is 2.37. The maximum absolute atomic E-state index is 12.3. The number of hydrogen-bond donors (Lipinski definition) is 2. The van der Waals surface area contributed by atoms with E-state index < -0.39 is 12.2 Å². The van der Waals surface area contributed by atoms with Crippen LogP contribution in [0.1, 0.15) is 30.0 Å². The van der Waals surface area contributed by atoms with Crippen molar-refractivity contribution in [2.24, 2.45) is 0 Å². The van der Waals surface area contributed by atoms with Gasteiger partial charge in [0.2, 0.25) is 5.76 Å². The number of aryl methyl sites for hydroxylation is 2. The van der Waals surface area contributed by atoms with Crippen molar-refractivity contribution < 1.29 is 14.1 Å². The molecular formula is C18H19N5O3. The van der Waals surface area contributed by atoms with E-state index in [1.807, 2.05) is 6.07 Å². The highest BCUT2D eigenvalue weighted by Gasteiger charge is 2.21. The number of ether oxygens (including phenoxy) is 1. The molecule has 1 atom stereocenters. The van der Waals surface area contributed by atoms with Gasteiger partial charge in [0.05, 0.1) is 11.4 Å². The second-order valence-electron chi connectivity index (χ2n) is 5.80. The normalized spacial score (nSPS) is 11.8. The highest BCUT2D eigenvalue weighted by Crippen LogP contribution is 2.31. The molecular weight excluding hydrogens is 334 g/mol. The Morgan fingerprint density at radius 1 is 1.27 bits per heavy atom. The van der Waals surface area contributed by atoms with E-state index in [1.54, 1.807) is 51.4 Å². The first-order valence-electron chi connectivity index (χ1n) is 8.03. The fraction of sp³-hybridized carbons (Fsp3) is 0.222. The van der Waals surface area contributed by atoms with Gasteiger partial charge in [0, 0.05) is 18.0 Å². The Labute approximate surface area is 150 Å². The highest BCUT2D eigenvalue weighted by molar-refractivity contribution is 5.90. The molecule has 0 bridgehead atoms. The Morgan fingerprint density at radius 2 is 2.08 bits per heavy atom. The standard InChI is InChI=1S/C18H19N5O3/c1-10-14(19)6-7-15(21-10)17-16(11(2)23-26-17)22-18(24)25-12(3)13-5-4-8-20-9-13/h4-9,12H,19H2,1-3H3,(H,22,24)/t12-/m1/s1. The van der Waals surface area contributed by atoms with Gasteiger partial charge in [-0.05, 0) is 39.0 Å². The number of hydrogen-bond acceptors (Lipinski definition) is 7. The molecule has 134 valence electrons. The molecule has 3 aromatic rings. The molecule has 0 saturated carbocycles. The summed E-state index contributed by atoms with van der Waals surface area (Å²) in [5, 5.41) is 6.59. The van der Waals surface area contributed by atoms with E-state index in [0.29, 0.717) is 34.2 Å². The van der Waals surface area contributed by atoms with Gasteiger partial charge in [-0.25, -0.2) is 9.78 Å². The van der Waals surface area contributed by atoms with Crippen molar-refractivity contribution in [3.8, 4) is 11.5 Å². The van der Waals surface area contributed by atoms with E-state index in [1.165, 1.54) is 0 Å². The smallest absolute Gasteiger partial charge is 0.412 e. The molecule has 0 aliphatic carbocycles. The van der Waals surface area contributed by atoms with Crippen molar-refractivity contribution in [1.29, 1.82) is 0 Å². The lowest BCUT2D eigenvalue weighted by Crippen LogP contribution is -2.16. The van der Waals surface area contributed by atoms with Crippen molar-refractivity contribution in [2.45, 2.75) is 26.9 Å². The molecule has 3 heterocycles. The third-order valence-electron chi connectivity index (χ3n) is 3.89. The van der Waals surface area contributed by atoms with Crippen LogP contribution in [-0.2, 0) is 4.74 Å². The van der Waals surface area contributed by atoms with Crippen molar-refractivity contribution in [3.63, 3.8) is 0 Å². The molecule has 0 aromatic carbocycles. The van der Waals surface area contributed by atoms with Crippen molar-refractivity contribution in [3.05, 3.63) is 53.6 Å². The van der Waals surface area contributed by atoms with Crippen LogP contribution in [-0.4, -0.2) is 21.2 Å². The summed E-state index contributed by atoms with van der Waals surface area (Å²) in [4.78, 5) is 20.7. The summed E-state index contributed by atoms with van der Waals surface area (Å²) in [6, 6.07) is 7.05. The predicted molar refractivity (Wildman–Crippen MR) is 96.4 cm³/mol. The third-order valence-corrected chi connectivity index (χ3v) is 3.89. The van der Waals surface area contributed by atoms with Gasteiger partial charge in [0.15, 0.2) is 0 Å². The molecule has 3 aromatic heterocycles. The first-order valence-corrected chi connectivity index (χ1v) is 8.03. The second kappa shape index (κ2) is 7.22. The molecule has 0 fully saturated rings. The molecule has 3 N–H and O–H groups in total. The van der Waals surface area contributed by atoms with Crippen LogP contribution in [0.25, 0.3) is 11.5 Å². The van der Waals surface area contributed by atoms with Crippen LogP contribution in [0.3, 0.4) is 0 Å². The zero-order valence-corrected chi connectivity index (χ0v) is 14.7. The van der Waals surface area contributed by atoms with Gasteiger partial charge < -0.3 is 15.0 Å². The summed E-state index contributed by atoms with van der Waals surface area (Å²) in [6.45, 7) is 5.28. The van der Waals surface area contributed by atoms with E-state index in [-0.39, 0.29) is 0 Å². The van der Waals surface area contributed by atoms with Crippen LogP contribution in [0.2, 0.25) is 0 Å². The largest absolute Gasteiger partial charge is 0.441 e. The Hall–Kier alpha value is -3.42. The molecule has 8 heteroatoms. The quantitative estimate of drug-likeness (QED) is 0.735. The molecule has 3 rings (SSSR count). The molecule has 0 spiro atoms. The summed E-state index contributed by atoms with van der Waals surface area (Å²) in [7, 11) is 0. The number of pyridine rings is 2. The van der Waals surface area contributed by atoms with Gasteiger partial charge in [-0.3, -0.25) is 10.3 Å². The van der Waals surface area contributed by atoms with Crippen LogP contribution >= 0.6 is 0 Å².